The van der Waals surface area contributed by atoms with Gasteiger partial charge >= 0.3 is 0 Å². The lowest BCUT2D eigenvalue weighted by atomic mass is 10.0. The van der Waals surface area contributed by atoms with Crippen LogP contribution in [0.3, 0.4) is 0 Å². The summed E-state index contributed by atoms with van der Waals surface area (Å²) in [6.45, 7) is 7.10. The molecule has 0 aromatic carbocycles. The minimum atomic E-state index is -0.125. The fourth-order valence-corrected chi connectivity index (χ4v) is 3.16. The number of unbranched alkanes of at least 4 members (excludes halogenated alkanes) is 12. The van der Waals surface area contributed by atoms with Crippen LogP contribution in [0.5, 0.6) is 0 Å². The van der Waals surface area contributed by atoms with Gasteiger partial charge in [-0.15, -0.1) is 0 Å². The van der Waals surface area contributed by atoms with Gasteiger partial charge in [0.1, 0.15) is 0 Å². The summed E-state index contributed by atoms with van der Waals surface area (Å²) in [5.74, 6) is 0.206. The summed E-state index contributed by atoms with van der Waals surface area (Å²) in [5, 5.41) is 3.00. The predicted molar refractivity (Wildman–Crippen MR) is 111 cm³/mol. The highest BCUT2D eigenvalue weighted by Gasteiger charge is 2.09. The van der Waals surface area contributed by atoms with Gasteiger partial charge in [0, 0.05) is 18.5 Å². The molecule has 0 heterocycles. The van der Waals surface area contributed by atoms with Crippen LogP contribution in [0.1, 0.15) is 124 Å². The van der Waals surface area contributed by atoms with E-state index >= 15 is 0 Å². The molecule has 0 spiro atoms. The Kier molecular flexibility index (Phi) is 16.5. The number of hydrogen-bond donors (Lipinski definition) is 2. The van der Waals surface area contributed by atoms with Gasteiger partial charge in [-0.2, -0.15) is 0 Å². The zero-order valence-corrected chi connectivity index (χ0v) is 17.5. The van der Waals surface area contributed by atoms with Gasteiger partial charge in [0.05, 0.1) is 0 Å². The first-order valence-corrected chi connectivity index (χ1v) is 11.0. The van der Waals surface area contributed by atoms with Crippen LogP contribution in [0.4, 0.5) is 0 Å². The summed E-state index contributed by atoms with van der Waals surface area (Å²) in [6, 6.07) is 0. The lowest BCUT2D eigenvalue weighted by Crippen LogP contribution is -2.33. The molecule has 3 heteroatoms. The first-order chi connectivity index (χ1) is 12.0. The van der Waals surface area contributed by atoms with E-state index in [4.69, 9.17) is 5.73 Å². The van der Waals surface area contributed by atoms with Crippen molar-refractivity contribution in [2.45, 2.75) is 129 Å². The first kappa shape index (κ1) is 24.4. The van der Waals surface area contributed by atoms with Crippen molar-refractivity contribution in [3.8, 4) is 0 Å². The van der Waals surface area contributed by atoms with Crippen LogP contribution < -0.4 is 11.1 Å². The minimum absolute atomic E-state index is 0.125. The minimum Gasteiger partial charge on any atom is -0.356 e. The summed E-state index contributed by atoms with van der Waals surface area (Å²) >= 11 is 0. The van der Waals surface area contributed by atoms with Crippen molar-refractivity contribution < 1.29 is 4.79 Å². The normalized spacial score (nSPS) is 11.7. The van der Waals surface area contributed by atoms with Gasteiger partial charge < -0.3 is 11.1 Å². The smallest absolute Gasteiger partial charge is 0.219 e. The van der Waals surface area contributed by atoms with Crippen LogP contribution in [0.25, 0.3) is 0 Å². The third-order valence-corrected chi connectivity index (χ3v) is 4.83. The highest BCUT2D eigenvalue weighted by molar-refractivity contribution is 5.75. The Morgan fingerprint density at radius 1 is 0.760 bits per heavy atom. The van der Waals surface area contributed by atoms with Gasteiger partial charge in [0.15, 0.2) is 0 Å². The van der Waals surface area contributed by atoms with Gasteiger partial charge in [-0.25, -0.2) is 0 Å². The maximum absolute atomic E-state index is 11.7. The number of amides is 1. The maximum Gasteiger partial charge on any atom is 0.219 e. The van der Waals surface area contributed by atoms with E-state index < -0.39 is 0 Å². The predicted octanol–water partition coefficient (Wildman–Crippen LogP) is 6.10. The Labute approximate surface area is 157 Å². The molecule has 25 heavy (non-hydrogen) atoms. The molecule has 0 aromatic rings. The molecular formula is C22H46N2O. The van der Waals surface area contributed by atoms with E-state index in [1.807, 2.05) is 13.8 Å². The molecule has 150 valence electrons. The number of carbonyl (C=O) groups is 1. The Bertz CT molecular complexity index is 297. The van der Waals surface area contributed by atoms with E-state index in [2.05, 4.69) is 12.2 Å². The van der Waals surface area contributed by atoms with Crippen molar-refractivity contribution in [1.29, 1.82) is 0 Å². The average Bonchev–Trinajstić information content (AvgIpc) is 2.55. The molecule has 0 atom stereocenters. The molecule has 0 radical (unpaired) electrons. The van der Waals surface area contributed by atoms with E-state index in [1.54, 1.807) is 0 Å². The maximum atomic E-state index is 11.7. The van der Waals surface area contributed by atoms with E-state index in [0.29, 0.717) is 6.42 Å². The van der Waals surface area contributed by atoms with Crippen LogP contribution >= 0.6 is 0 Å². The SMILES string of the molecule is CCCCCCCCCCCCCCCC(=O)NCCCC(C)(C)N. The standard InChI is InChI=1S/C22H46N2O/c1-4-5-6-7-8-9-10-11-12-13-14-15-16-18-21(25)24-20-17-19-22(2,3)23/h4-20,23H2,1-3H3,(H,24,25). The lowest BCUT2D eigenvalue weighted by molar-refractivity contribution is -0.121. The number of rotatable bonds is 18. The summed E-state index contributed by atoms with van der Waals surface area (Å²) in [4.78, 5) is 11.7. The van der Waals surface area contributed by atoms with Crippen molar-refractivity contribution in [3.63, 3.8) is 0 Å². The molecule has 0 fully saturated rings. The highest BCUT2D eigenvalue weighted by atomic mass is 16.1. The molecule has 0 aliphatic rings. The number of carbonyl (C=O) groups excluding carboxylic acids is 1. The molecule has 0 saturated heterocycles. The molecule has 0 unspecified atom stereocenters. The molecule has 0 saturated carbocycles. The second-order valence-corrected chi connectivity index (χ2v) is 8.43. The van der Waals surface area contributed by atoms with Crippen LogP contribution in [0, 0.1) is 0 Å². The van der Waals surface area contributed by atoms with Crippen molar-refractivity contribution in [2.24, 2.45) is 5.73 Å². The molecule has 0 rings (SSSR count). The van der Waals surface area contributed by atoms with Gasteiger partial charge in [-0.05, 0) is 33.1 Å². The number of nitrogens with one attached hydrogen (secondary N) is 1. The van der Waals surface area contributed by atoms with Crippen LogP contribution in [0.15, 0.2) is 0 Å². The van der Waals surface area contributed by atoms with Crippen molar-refractivity contribution in [1.82, 2.24) is 5.32 Å². The van der Waals surface area contributed by atoms with E-state index in [0.717, 1.165) is 25.8 Å². The molecule has 0 bridgehead atoms. The van der Waals surface area contributed by atoms with Gasteiger partial charge in [-0.1, -0.05) is 84.0 Å². The molecular weight excluding hydrogens is 308 g/mol. The summed E-state index contributed by atoms with van der Waals surface area (Å²) in [6.07, 6.45) is 20.1. The molecule has 3 N–H and O–H groups in total. The molecule has 0 aromatic heterocycles. The van der Waals surface area contributed by atoms with E-state index in [9.17, 15) is 4.79 Å². The van der Waals surface area contributed by atoms with Crippen molar-refractivity contribution >= 4 is 5.91 Å². The van der Waals surface area contributed by atoms with Gasteiger partial charge in [0.2, 0.25) is 5.91 Å². The Hall–Kier alpha value is -0.570. The van der Waals surface area contributed by atoms with Crippen LogP contribution in [-0.2, 0) is 4.79 Å². The second kappa shape index (κ2) is 16.9. The fraction of sp³-hybridized carbons (Fsp3) is 0.955. The number of nitrogens with two attached hydrogens (primary N) is 1. The quantitative estimate of drug-likeness (QED) is 0.292. The second-order valence-electron chi connectivity index (χ2n) is 8.43. The largest absolute Gasteiger partial charge is 0.356 e. The van der Waals surface area contributed by atoms with Crippen LogP contribution in [0.2, 0.25) is 0 Å². The van der Waals surface area contributed by atoms with Crippen molar-refractivity contribution in [2.75, 3.05) is 6.54 Å². The van der Waals surface area contributed by atoms with Crippen molar-refractivity contribution in [3.05, 3.63) is 0 Å². The Morgan fingerprint density at radius 3 is 1.64 bits per heavy atom. The molecule has 3 nitrogen and oxygen atoms in total. The zero-order chi connectivity index (χ0) is 18.8. The average molecular weight is 355 g/mol. The van der Waals surface area contributed by atoms with E-state index in [-0.39, 0.29) is 11.4 Å². The molecule has 0 aliphatic heterocycles. The van der Waals surface area contributed by atoms with E-state index in [1.165, 1.54) is 77.0 Å². The molecule has 1 amide bonds. The highest BCUT2D eigenvalue weighted by Crippen LogP contribution is 2.13. The van der Waals surface area contributed by atoms with Crippen LogP contribution in [-0.4, -0.2) is 18.0 Å². The molecule has 0 aliphatic carbocycles. The van der Waals surface area contributed by atoms with Gasteiger partial charge in [0.25, 0.3) is 0 Å². The third kappa shape index (κ3) is 21.4. The topological polar surface area (TPSA) is 55.1 Å². The number of hydrogen-bond acceptors (Lipinski definition) is 2. The fourth-order valence-electron chi connectivity index (χ4n) is 3.16. The zero-order valence-electron chi connectivity index (χ0n) is 17.5. The first-order valence-electron chi connectivity index (χ1n) is 11.0. The summed E-state index contributed by atoms with van der Waals surface area (Å²) in [5.41, 5.74) is 5.80. The summed E-state index contributed by atoms with van der Waals surface area (Å²) < 4.78 is 0. The lowest BCUT2D eigenvalue weighted by Gasteiger charge is -2.17. The Morgan fingerprint density at radius 2 is 1.20 bits per heavy atom. The third-order valence-electron chi connectivity index (χ3n) is 4.83. The Balaban J connectivity index is 3.18. The van der Waals surface area contributed by atoms with Gasteiger partial charge in [-0.3, -0.25) is 4.79 Å². The monoisotopic (exact) mass is 354 g/mol. The summed E-state index contributed by atoms with van der Waals surface area (Å²) in [7, 11) is 0.